The van der Waals surface area contributed by atoms with Crippen LogP contribution < -0.4 is 5.73 Å². The highest BCUT2D eigenvalue weighted by Crippen LogP contribution is 2.75. The molecule has 3 N–H and O–H groups in total. The first kappa shape index (κ1) is 21.4. The van der Waals surface area contributed by atoms with E-state index in [4.69, 9.17) is 5.73 Å². The number of hydrogen-bond donors (Lipinski definition) is 2. The molecule has 2 saturated heterocycles. The molecule has 4 fully saturated rings. The highest BCUT2D eigenvalue weighted by Gasteiger charge is 2.76. The van der Waals surface area contributed by atoms with Gasteiger partial charge in [0.25, 0.3) is 5.91 Å². The zero-order valence-corrected chi connectivity index (χ0v) is 20.0. The van der Waals surface area contributed by atoms with Crippen LogP contribution in [0.3, 0.4) is 0 Å². The number of phenolic OH excluding ortho intramolecular Hbond substituents is 1. The number of nitrogens with zero attached hydrogens (tertiary/aromatic N) is 2. The molecule has 3 aliphatic carbocycles. The predicted octanol–water partition coefficient (Wildman–Crippen LogP) is 3.08. The minimum Gasteiger partial charge on any atom is -0.508 e. The van der Waals surface area contributed by atoms with Crippen molar-refractivity contribution in [3.05, 3.63) is 65.2 Å². The lowest BCUT2D eigenvalue weighted by Gasteiger charge is -2.66. The van der Waals surface area contributed by atoms with Crippen molar-refractivity contribution >= 4 is 11.8 Å². The van der Waals surface area contributed by atoms with Gasteiger partial charge in [0, 0.05) is 42.6 Å². The van der Waals surface area contributed by atoms with Crippen LogP contribution in [0.25, 0.3) is 0 Å². The van der Waals surface area contributed by atoms with Crippen molar-refractivity contribution < 1.29 is 14.7 Å². The maximum atomic E-state index is 13.6. The van der Waals surface area contributed by atoms with Gasteiger partial charge in [-0.15, -0.1) is 0 Å². The van der Waals surface area contributed by atoms with Gasteiger partial charge in [-0.05, 0) is 91.3 Å². The van der Waals surface area contributed by atoms with Crippen molar-refractivity contribution in [1.82, 2.24) is 9.80 Å². The molecule has 4 bridgehead atoms. The number of nitrogens with two attached hydrogens (primary N) is 1. The van der Waals surface area contributed by atoms with Crippen LogP contribution in [0.4, 0.5) is 0 Å². The molecule has 2 aliphatic heterocycles. The molecule has 2 aromatic rings. The van der Waals surface area contributed by atoms with E-state index in [1.807, 2.05) is 42.5 Å². The molecule has 182 valence electrons. The van der Waals surface area contributed by atoms with Gasteiger partial charge in [0.2, 0.25) is 5.91 Å². The Morgan fingerprint density at radius 3 is 2.74 bits per heavy atom. The molecule has 5 aliphatic rings. The van der Waals surface area contributed by atoms with Gasteiger partial charge >= 0.3 is 0 Å². The van der Waals surface area contributed by atoms with Gasteiger partial charge in [-0.25, -0.2) is 0 Å². The lowest BCUT2D eigenvalue weighted by Crippen LogP contribution is -2.69. The Hall–Kier alpha value is -2.86. The van der Waals surface area contributed by atoms with Gasteiger partial charge in [-0.2, -0.15) is 0 Å². The summed E-state index contributed by atoms with van der Waals surface area (Å²) in [4.78, 5) is 30.0. The lowest BCUT2D eigenvalue weighted by molar-refractivity contribution is -0.121. The second kappa shape index (κ2) is 7.33. The van der Waals surface area contributed by atoms with Gasteiger partial charge in [0.15, 0.2) is 0 Å². The van der Waals surface area contributed by atoms with Gasteiger partial charge < -0.3 is 15.7 Å². The van der Waals surface area contributed by atoms with E-state index >= 15 is 0 Å². The molecule has 2 aromatic carbocycles. The van der Waals surface area contributed by atoms with E-state index in [-0.39, 0.29) is 28.7 Å². The summed E-state index contributed by atoms with van der Waals surface area (Å²) in [6, 6.07) is 16.3. The largest absolute Gasteiger partial charge is 0.508 e. The van der Waals surface area contributed by atoms with Crippen LogP contribution in [0.15, 0.2) is 48.5 Å². The number of rotatable bonds is 4. The first-order chi connectivity index (χ1) is 16.9. The SMILES string of the molecule is NC(=O)CCN1CCC23c4cc(O)ccc4CC1C21CCC2C3[C@@H](CN2C(=O)c2ccccc2)C1. The smallest absolute Gasteiger partial charge is 0.254 e. The molecule has 0 radical (unpaired) electrons. The molecule has 6 nitrogen and oxygen atoms in total. The number of amides is 2. The summed E-state index contributed by atoms with van der Waals surface area (Å²) < 4.78 is 0. The van der Waals surface area contributed by atoms with Crippen LogP contribution in [0.2, 0.25) is 0 Å². The van der Waals surface area contributed by atoms with Gasteiger partial charge in [-0.1, -0.05) is 24.3 Å². The fourth-order valence-electron chi connectivity index (χ4n) is 9.60. The van der Waals surface area contributed by atoms with E-state index in [0.29, 0.717) is 30.0 Å². The Morgan fingerprint density at radius 2 is 1.94 bits per heavy atom. The van der Waals surface area contributed by atoms with E-state index in [2.05, 4.69) is 15.9 Å². The van der Waals surface area contributed by atoms with Crippen LogP contribution in [0.5, 0.6) is 5.75 Å². The first-order valence-electron chi connectivity index (χ1n) is 13.2. The number of piperidine rings is 1. The second-order valence-electron chi connectivity index (χ2n) is 11.6. The molecule has 5 unspecified atom stereocenters. The summed E-state index contributed by atoms with van der Waals surface area (Å²) in [5, 5.41) is 10.6. The monoisotopic (exact) mass is 471 g/mol. The summed E-state index contributed by atoms with van der Waals surface area (Å²) in [5.41, 5.74) is 9.12. The maximum absolute atomic E-state index is 13.6. The molecular weight excluding hydrogens is 438 g/mol. The first-order valence-corrected chi connectivity index (χ1v) is 13.2. The number of hydrogen-bond acceptors (Lipinski definition) is 4. The topological polar surface area (TPSA) is 86.9 Å². The van der Waals surface area contributed by atoms with E-state index in [0.717, 1.165) is 57.3 Å². The van der Waals surface area contributed by atoms with Gasteiger partial charge in [-0.3, -0.25) is 14.5 Å². The molecule has 2 amide bonds. The molecule has 6 atom stereocenters. The molecule has 35 heavy (non-hydrogen) atoms. The summed E-state index contributed by atoms with van der Waals surface area (Å²) in [6.07, 6.45) is 5.64. The van der Waals surface area contributed by atoms with Crippen molar-refractivity contribution in [2.75, 3.05) is 19.6 Å². The third-order valence-electron chi connectivity index (χ3n) is 10.5. The number of phenols is 1. The Morgan fingerprint density at radius 1 is 1.11 bits per heavy atom. The molecule has 7 rings (SSSR count). The molecule has 2 saturated carbocycles. The third kappa shape index (κ3) is 2.69. The minimum atomic E-state index is -0.234. The average Bonchev–Trinajstić information content (AvgIpc) is 3.30. The number of carbonyl (C=O) groups excluding carboxylic acids is 2. The highest BCUT2D eigenvalue weighted by atomic mass is 16.3. The summed E-state index contributed by atoms with van der Waals surface area (Å²) in [7, 11) is 0. The number of primary amides is 1. The van der Waals surface area contributed by atoms with Gasteiger partial charge in [0.05, 0.1) is 0 Å². The Bertz CT molecular complexity index is 1210. The van der Waals surface area contributed by atoms with Crippen LogP contribution >= 0.6 is 0 Å². The molecule has 6 heteroatoms. The summed E-state index contributed by atoms with van der Waals surface area (Å²) in [6.45, 7) is 2.49. The number of carbonyl (C=O) groups is 2. The number of likely N-dealkylation sites (tertiary alicyclic amines) is 2. The van der Waals surface area contributed by atoms with Crippen molar-refractivity contribution in [1.29, 1.82) is 0 Å². The Kier molecular flexibility index (Phi) is 4.48. The maximum Gasteiger partial charge on any atom is 0.254 e. The number of aromatic hydroxyl groups is 1. The Balaban J connectivity index is 1.33. The van der Waals surface area contributed by atoms with Crippen molar-refractivity contribution in [3.63, 3.8) is 0 Å². The quantitative estimate of drug-likeness (QED) is 0.718. The van der Waals surface area contributed by atoms with Crippen molar-refractivity contribution in [2.45, 2.75) is 56.0 Å². The van der Waals surface area contributed by atoms with Crippen molar-refractivity contribution in [3.8, 4) is 5.75 Å². The zero-order valence-electron chi connectivity index (χ0n) is 20.0. The minimum absolute atomic E-state index is 0.0213. The fourth-order valence-corrected chi connectivity index (χ4v) is 9.60. The summed E-state index contributed by atoms with van der Waals surface area (Å²) in [5.74, 6) is 1.17. The Labute approximate surface area is 206 Å². The van der Waals surface area contributed by atoms with E-state index in [1.54, 1.807) is 0 Å². The van der Waals surface area contributed by atoms with Crippen molar-refractivity contribution in [2.24, 2.45) is 23.0 Å². The van der Waals surface area contributed by atoms with Crippen LogP contribution in [-0.4, -0.2) is 58.4 Å². The van der Waals surface area contributed by atoms with E-state index in [1.165, 1.54) is 11.1 Å². The molecule has 0 aromatic heterocycles. The second-order valence-corrected chi connectivity index (χ2v) is 11.6. The van der Waals surface area contributed by atoms with Crippen LogP contribution in [0.1, 0.15) is 53.6 Å². The summed E-state index contributed by atoms with van der Waals surface area (Å²) >= 11 is 0. The van der Waals surface area contributed by atoms with Crippen LogP contribution in [0, 0.1) is 17.3 Å². The standard InChI is InChI=1S/C29H33N3O3/c30-25(34)9-12-31-13-11-29-22-15-21(33)7-6-19(22)14-24(31)28(29)10-8-23-26(29)20(16-28)17-32(23)27(35)18-4-2-1-3-5-18/h1-7,15,20,23-24,26,33H,8-14,16-17H2,(H2,30,34)/t20-,23?,24?,26?,28?,29?/m1/s1. The van der Waals surface area contributed by atoms with Gasteiger partial charge in [0.1, 0.15) is 5.75 Å². The average molecular weight is 472 g/mol. The molecule has 0 spiro atoms. The fraction of sp³-hybridized carbons (Fsp3) is 0.517. The number of benzene rings is 2. The lowest BCUT2D eigenvalue weighted by atomic mass is 9.43. The van der Waals surface area contributed by atoms with E-state index in [9.17, 15) is 14.7 Å². The third-order valence-corrected chi connectivity index (χ3v) is 10.5. The molecule has 2 heterocycles. The predicted molar refractivity (Wildman–Crippen MR) is 132 cm³/mol. The number of fused-ring (bicyclic) bond motifs is 1. The highest BCUT2D eigenvalue weighted by molar-refractivity contribution is 5.94. The van der Waals surface area contributed by atoms with Crippen LogP contribution in [-0.2, 0) is 16.6 Å². The normalized spacial score (nSPS) is 36.5. The zero-order chi connectivity index (χ0) is 23.9. The van der Waals surface area contributed by atoms with E-state index < -0.39 is 0 Å². The molecular formula is C29H33N3O3.